The number of aromatic nitrogens is 1. The number of pyridine rings is 1. The van der Waals surface area contributed by atoms with Crippen LogP contribution >= 0.6 is 0 Å². The van der Waals surface area contributed by atoms with Crippen molar-refractivity contribution >= 4 is 36.5 Å². The van der Waals surface area contributed by atoms with Crippen LogP contribution < -0.4 is 21.0 Å². The van der Waals surface area contributed by atoms with Crippen molar-refractivity contribution in [3.05, 3.63) is 84.6 Å². The van der Waals surface area contributed by atoms with Crippen molar-refractivity contribution in [3.8, 4) is 0 Å². The van der Waals surface area contributed by atoms with Crippen LogP contribution in [-0.4, -0.2) is 48.7 Å². The van der Waals surface area contributed by atoms with E-state index in [1.54, 1.807) is 39.1 Å². The maximum absolute atomic E-state index is 13.7. The fraction of sp³-hybridized carbons (Fsp3) is 0.486. The number of hydrogen-bond acceptors (Lipinski definition) is 6. The molecule has 2 amide bonds. The van der Waals surface area contributed by atoms with E-state index in [-0.39, 0.29) is 23.5 Å². The van der Waals surface area contributed by atoms with Crippen LogP contribution in [0.1, 0.15) is 85.8 Å². The molecular formula is C37H51N3O5Si. The van der Waals surface area contributed by atoms with E-state index in [0.717, 1.165) is 36.1 Å². The maximum atomic E-state index is 13.7. The van der Waals surface area contributed by atoms with Crippen LogP contribution in [0.15, 0.2) is 79.0 Å². The van der Waals surface area contributed by atoms with Gasteiger partial charge in [-0.2, -0.15) is 0 Å². The molecule has 1 saturated carbocycles. The van der Waals surface area contributed by atoms with Gasteiger partial charge in [0.25, 0.3) is 8.32 Å². The molecule has 0 radical (unpaired) electrons. The first-order valence-electron chi connectivity index (χ1n) is 16.4. The summed E-state index contributed by atoms with van der Waals surface area (Å²) >= 11 is 0. The third-order valence-electron chi connectivity index (χ3n) is 8.78. The Labute approximate surface area is 275 Å². The molecule has 0 bridgehead atoms. The van der Waals surface area contributed by atoms with E-state index in [2.05, 4.69) is 67.6 Å². The molecule has 2 atom stereocenters. The van der Waals surface area contributed by atoms with Gasteiger partial charge in [0, 0.05) is 6.20 Å². The molecule has 1 fully saturated rings. The lowest BCUT2D eigenvalue weighted by molar-refractivity contribution is -0.119. The predicted molar refractivity (Wildman–Crippen MR) is 186 cm³/mol. The normalized spacial score (nSPS) is 18.7. The summed E-state index contributed by atoms with van der Waals surface area (Å²) < 4.78 is 12.4. The minimum Gasteiger partial charge on any atom is -0.444 e. The number of benzene rings is 2. The molecule has 1 aliphatic rings. The third kappa shape index (κ3) is 8.83. The molecule has 1 heterocycles. The van der Waals surface area contributed by atoms with E-state index in [0.29, 0.717) is 17.3 Å². The van der Waals surface area contributed by atoms with Gasteiger partial charge in [0.1, 0.15) is 23.6 Å². The molecule has 3 aromatic rings. The van der Waals surface area contributed by atoms with Gasteiger partial charge in [-0.3, -0.25) is 4.79 Å². The van der Waals surface area contributed by atoms with Crippen LogP contribution in [-0.2, 0) is 14.0 Å². The highest BCUT2D eigenvalue weighted by Crippen LogP contribution is 2.37. The minimum absolute atomic E-state index is 0.0163. The van der Waals surface area contributed by atoms with Gasteiger partial charge in [-0.1, -0.05) is 101 Å². The number of rotatable bonds is 10. The van der Waals surface area contributed by atoms with Gasteiger partial charge >= 0.3 is 6.09 Å². The van der Waals surface area contributed by atoms with Gasteiger partial charge in [0.05, 0.1) is 6.61 Å². The number of aliphatic hydroxyl groups is 1. The summed E-state index contributed by atoms with van der Waals surface area (Å²) in [6, 6.07) is 23.2. The largest absolute Gasteiger partial charge is 0.444 e. The Bertz CT molecular complexity index is 1390. The molecule has 1 aromatic heterocycles. The first-order chi connectivity index (χ1) is 21.7. The molecule has 1 aliphatic carbocycles. The minimum atomic E-state index is -2.85. The van der Waals surface area contributed by atoms with Gasteiger partial charge in [-0.15, -0.1) is 0 Å². The standard InChI is InChI=1S/C37H51N3O5Si/c1-26-18-20-27(21-19-26)33(40-35(43)45-36(2,3)4)34(42)39-32-24-28(22-23-38-32)31(41)25-44-46(37(5,6)7,29-14-10-8-11-15-29)30-16-12-9-13-17-30/h8-17,22-24,26-27,31,33,41H,18-21,25H2,1-7H3,(H,40,43)(H,38,39,42)/t26?,27?,31?,33-/m0/s1. The van der Waals surface area contributed by atoms with Crippen LogP contribution in [0.3, 0.4) is 0 Å². The molecule has 0 aliphatic heterocycles. The number of amides is 2. The lowest BCUT2D eigenvalue weighted by atomic mass is 9.79. The molecule has 2 aromatic carbocycles. The SMILES string of the molecule is CC1CCC([C@H](NC(=O)OC(C)(C)C)C(=O)Nc2cc(C(O)CO[Si](c3ccccc3)(c3ccccc3)C(C)(C)C)ccn2)CC1. The Morgan fingerprint density at radius 2 is 1.48 bits per heavy atom. The zero-order valence-corrected chi connectivity index (χ0v) is 29.4. The van der Waals surface area contributed by atoms with Gasteiger partial charge in [0.2, 0.25) is 5.91 Å². The van der Waals surface area contributed by atoms with Crippen LogP contribution in [0, 0.1) is 11.8 Å². The molecule has 248 valence electrons. The average Bonchev–Trinajstić information content (AvgIpc) is 3.00. The molecule has 4 rings (SSSR count). The molecule has 8 nitrogen and oxygen atoms in total. The number of anilines is 1. The van der Waals surface area contributed by atoms with Crippen molar-refractivity contribution in [2.24, 2.45) is 11.8 Å². The van der Waals surface area contributed by atoms with Crippen LogP contribution in [0.25, 0.3) is 0 Å². The van der Waals surface area contributed by atoms with Crippen molar-refractivity contribution in [3.63, 3.8) is 0 Å². The van der Waals surface area contributed by atoms with Crippen LogP contribution in [0.4, 0.5) is 10.6 Å². The van der Waals surface area contributed by atoms with Gasteiger partial charge in [0.15, 0.2) is 0 Å². The Morgan fingerprint density at radius 3 is 2.00 bits per heavy atom. The summed E-state index contributed by atoms with van der Waals surface area (Å²) in [6.07, 6.45) is 3.64. The first-order valence-corrected chi connectivity index (χ1v) is 18.3. The number of alkyl carbamates (subject to hydrolysis) is 1. The molecule has 9 heteroatoms. The Balaban J connectivity index is 1.54. The third-order valence-corrected chi connectivity index (χ3v) is 13.8. The fourth-order valence-corrected chi connectivity index (χ4v) is 11.0. The van der Waals surface area contributed by atoms with Crippen LogP contribution in [0.2, 0.25) is 5.04 Å². The van der Waals surface area contributed by atoms with E-state index >= 15 is 0 Å². The average molecular weight is 646 g/mol. The maximum Gasteiger partial charge on any atom is 0.408 e. The number of hydrogen-bond donors (Lipinski definition) is 3. The van der Waals surface area contributed by atoms with Gasteiger partial charge in [-0.25, -0.2) is 9.78 Å². The molecule has 3 N–H and O–H groups in total. The second-order valence-electron chi connectivity index (χ2n) is 14.6. The summed E-state index contributed by atoms with van der Waals surface area (Å²) in [6.45, 7) is 14.2. The first kappa shape index (κ1) is 35.3. The lowest BCUT2D eigenvalue weighted by Gasteiger charge is -2.43. The summed E-state index contributed by atoms with van der Waals surface area (Å²) in [5.74, 6) is 0.519. The Hall–Kier alpha value is -3.53. The highest BCUT2D eigenvalue weighted by atomic mass is 28.4. The summed E-state index contributed by atoms with van der Waals surface area (Å²) in [5, 5.41) is 19.2. The fourth-order valence-electron chi connectivity index (χ4n) is 6.44. The van der Waals surface area contributed by atoms with Gasteiger partial charge in [-0.05, 0) is 78.6 Å². The second-order valence-corrected chi connectivity index (χ2v) is 18.9. The van der Waals surface area contributed by atoms with Crippen molar-refractivity contribution in [2.75, 3.05) is 11.9 Å². The monoisotopic (exact) mass is 645 g/mol. The molecule has 1 unspecified atom stereocenters. The van der Waals surface area contributed by atoms with E-state index in [9.17, 15) is 14.7 Å². The molecular weight excluding hydrogens is 595 g/mol. The predicted octanol–water partition coefficient (Wildman–Crippen LogP) is 6.35. The zero-order valence-electron chi connectivity index (χ0n) is 28.4. The smallest absolute Gasteiger partial charge is 0.408 e. The summed E-state index contributed by atoms with van der Waals surface area (Å²) in [5.41, 5.74) is -0.110. The van der Waals surface area contributed by atoms with Crippen molar-refractivity contribution < 1.29 is 23.9 Å². The molecule has 0 spiro atoms. The quantitative estimate of drug-likeness (QED) is 0.222. The molecule has 0 saturated heterocycles. The topological polar surface area (TPSA) is 110 Å². The van der Waals surface area contributed by atoms with Crippen molar-refractivity contribution in [1.29, 1.82) is 0 Å². The number of aliphatic hydroxyl groups excluding tert-OH is 1. The van der Waals surface area contributed by atoms with E-state index in [1.165, 1.54) is 0 Å². The number of carbonyl (C=O) groups excluding carboxylic acids is 2. The lowest BCUT2D eigenvalue weighted by Crippen LogP contribution is -2.66. The van der Waals surface area contributed by atoms with Crippen LogP contribution in [0.5, 0.6) is 0 Å². The van der Waals surface area contributed by atoms with Crippen molar-refractivity contribution in [1.82, 2.24) is 10.3 Å². The number of carbonyl (C=O) groups is 2. The summed E-state index contributed by atoms with van der Waals surface area (Å²) in [4.78, 5) is 30.8. The highest BCUT2D eigenvalue weighted by Gasteiger charge is 2.50. The number of nitrogens with zero attached hydrogens (tertiary/aromatic N) is 1. The molecule has 46 heavy (non-hydrogen) atoms. The second kappa shape index (κ2) is 14.9. The highest BCUT2D eigenvalue weighted by molar-refractivity contribution is 6.99. The summed E-state index contributed by atoms with van der Waals surface area (Å²) in [7, 11) is -2.85. The van der Waals surface area contributed by atoms with E-state index < -0.39 is 32.2 Å². The van der Waals surface area contributed by atoms with E-state index in [4.69, 9.17) is 9.16 Å². The van der Waals surface area contributed by atoms with Gasteiger partial charge < -0.3 is 24.9 Å². The Morgan fingerprint density at radius 1 is 0.913 bits per heavy atom. The number of nitrogens with one attached hydrogen (secondary N) is 2. The Kier molecular flexibility index (Phi) is 11.5. The van der Waals surface area contributed by atoms with Crippen molar-refractivity contribution in [2.45, 2.75) is 96.9 Å². The number of ether oxygens (including phenoxy) is 1. The van der Waals surface area contributed by atoms with E-state index in [1.807, 2.05) is 36.4 Å². The zero-order chi connectivity index (χ0) is 33.5.